The summed E-state index contributed by atoms with van der Waals surface area (Å²) in [7, 11) is 0. The van der Waals surface area contributed by atoms with Crippen LogP contribution >= 0.6 is 22.9 Å². The van der Waals surface area contributed by atoms with Crippen LogP contribution in [0.2, 0.25) is 5.15 Å². The molecule has 0 aromatic carbocycles. The molecule has 2 aromatic heterocycles. The van der Waals surface area contributed by atoms with Gasteiger partial charge in [0.15, 0.2) is 0 Å². The molecule has 0 spiro atoms. The number of morpholine rings is 1. The predicted molar refractivity (Wildman–Crippen MR) is 77.7 cm³/mol. The molecule has 0 atom stereocenters. The fraction of sp³-hybridized carbons (Fsp3) is 0.538. The van der Waals surface area contributed by atoms with E-state index < -0.39 is 0 Å². The van der Waals surface area contributed by atoms with Crippen molar-refractivity contribution in [2.24, 2.45) is 0 Å². The first-order valence-electron chi connectivity index (χ1n) is 6.29. The van der Waals surface area contributed by atoms with E-state index in [1.807, 2.05) is 11.4 Å². The van der Waals surface area contributed by atoms with Gasteiger partial charge in [0.2, 0.25) is 0 Å². The Morgan fingerprint density at radius 3 is 3.11 bits per heavy atom. The molecule has 0 bridgehead atoms. The highest BCUT2D eigenvalue weighted by molar-refractivity contribution is 7.16. The number of aromatic nitrogens is 2. The molecular formula is C13H16ClN3OS. The average Bonchev–Trinajstić information content (AvgIpc) is 2.76. The summed E-state index contributed by atoms with van der Waals surface area (Å²) in [6, 6.07) is 1.96. The second-order valence-corrected chi connectivity index (χ2v) is 6.64. The lowest BCUT2D eigenvalue weighted by atomic mass is 10.1. The number of hydrogen-bond donors (Lipinski definition) is 0. The SMILES string of the molecule is CC1(C)CN(Cc2nc(Cl)c3ccsc3n2)CCO1. The molecule has 1 aliphatic rings. The van der Waals surface area contributed by atoms with Crippen LogP contribution in [0.5, 0.6) is 0 Å². The molecule has 0 radical (unpaired) electrons. The Bertz CT molecular complexity index is 599. The van der Waals surface area contributed by atoms with E-state index in [1.165, 1.54) is 0 Å². The molecule has 102 valence electrons. The van der Waals surface area contributed by atoms with Gasteiger partial charge in [0, 0.05) is 18.5 Å². The van der Waals surface area contributed by atoms with E-state index in [0.29, 0.717) is 5.15 Å². The van der Waals surface area contributed by atoms with E-state index >= 15 is 0 Å². The molecule has 19 heavy (non-hydrogen) atoms. The van der Waals surface area contributed by atoms with E-state index in [9.17, 15) is 0 Å². The number of nitrogens with zero attached hydrogens (tertiary/aromatic N) is 3. The minimum atomic E-state index is -0.102. The van der Waals surface area contributed by atoms with Crippen molar-refractivity contribution in [3.05, 3.63) is 22.4 Å². The minimum absolute atomic E-state index is 0.102. The third kappa shape index (κ3) is 2.89. The largest absolute Gasteiger partial charge is 0.373 e. The summed E-state index contributed by atoms with van der Waals surface area (Å²) in [5, 5.41) is 3.49. The summed E-state index contributed by atoms with van der Waals surface area (Å²) in [6.45, 7) is 7.48. The Morgan fingerprint density at radius 1 is 1.47 bits per heavy atom. The fourth-order valence-corrected chi connectivity index (χ4v) is 3.47. The van der Waals surface area contributed by atoms with Crippen molar-refractivity contribution < 1.29 is 4.74 Å². The van der Waals surface area contributed by atoms with Crippen LogP contribution in [0.3, 0.4) is 0 Å². The van der Waals surface area contributed by atoms with Gasteiger partial charge in [0.05, 0.1) is 18.8 Å². The molecule has 1 aliphatic heterocycles. The fourth-order valence-electron chi connectivity index (χ4n) is 2.38. The van der Waals surface area contributed by atoms with Gasteiger partial charge in [-0.15, -0.1) is 11.3 Å². The topological polar surface area (TPSA) is 38.2 Å². The molecular weight excluding hydrogens is 282 g/mol. The van der Waals surface area contributed by atoms with Crippen molar-refractivity contribution in [1.82, 2.24) is 14.9 Å². The van der Waals surface area contributed by atoms with Gasteiger partial charge in [0.25, 0.3) is 0 Å². The third-order valence-electron chi connectivity index (χ3n) is 3.19. The van der Waals surface area contributed by atoms with Crippen molar-refractivity contribution in [2.45, 2.75) is 26.0 Å². The molecule has 3 rings (SSSR count). The van der Waals surface area contributed by atoms with Crippen molar-refractivity contribution in [2.75, 3.05) is 19.7 Å². The first kappa shape index (κ1) is 13.2. The Morgan fingerprint density at radius 2 is 2.32 bits per heavy atom. The Kier molecular flexibility index (Phi) is 3.47. The Balaban J connectivity index is 1.81. The van der Waals surface area contributed by atoms with E-state index in [4.69, 9.17) is 16.3 Å². The van der Waals surface area contributed by atoms with Gasteiger partial charge in [-0.2, -0.15) is 0 Å². The molecule has 3 heterocycles. The van der Waals surface area contributed by atoms with E-state index in [0.717, 1.165) is 42.3 Å². The third-order valence-corrected chi connectivity index (χ3v) is 4.29. The lowest BCUT2D eigenvalue weighted by molar-refractivity contribution is -0.0887. The van der Waals surface area contributed by atoms with Crippen LogP contribution in [0.15, 0.2) is 11.4 Å². The maximum Gasteiger partial charge on any atom is 0.145 e. The van der Waals surface area contributed by atoms with Crippen LogP contribution in [0.4, 0.5) is 0 Å². The van der Waals surface area contributed by atoms with Crippen molar-refractivity contribution in [3.8, 4) is 0 Å². The number of thiophene rings is 1. The van der Waals surface area contributed by atoms with Gasteiger partial charge in [0.1, 0.15) is 15.8 Å². The zero-order chi connectivity index (χ0) is 13.5. The monoisotopic (exact) mass is 297 g/mol. The molecule has 4 nitrogen and oxygen atoms in total. The quantitative estimate of drug-likeness (QED) is 0.799. The van der Waals surface area contributed by atoms with Gasteiger partial charge in [-0.25, -0.2) is 9.97 Å². The Labute approximate surface area is 121 Å². The number of rotatable bonds is 2. The van der Waals surface area contributed by atoms with Crippen LogP contribution in [0.1, 0.15) is 19.7 Å². The summed E-state index contributed by atoms with van der Waals surface area (Å²) in [6.07, 6.45) is 0. The molecule has 2 aromatic rings. The number of halogens is 1. The van der Waals surface area contributed by atoms with Gasteiger partial charge >= 0.3 is 0 Å². The average molecular weight is 298 g/mol. The molecule has 0 saturated carbocycles. The molecule has 1 fully saturated rings. The summed E-state index contributed by atoms with van der Waals surface area (Å²) in [5.41, 5.74) is -0.102. The van der Waals surface area contributed by atoms with E-state index in [2.05, 4.69) is 28.7 Å². The van der Waals surface area contributed by atoms with E-state index in [1.54, 1.807) is 11.3 Å². The molecule has 1 saturated heterocycles. The maximum absolute atomic E-state index is 6.19. The number of hydrogen-bond acceptors (Lipinski definition) is 5. The van der Waals surface area contributed by atoms with Crippen LogP contribution in [0, 0.1) is 0 Å². The molecule has 6 heteroatoms. The summed E-state index contributed by atoms with van der Waals surface area (Å²) in [5.74, 6) is 0.789. The summed E-state index contributed by atoms with van der Waals surface area (Å²) >= 11 is 7.79. The number of ether oxygens (including phenoxy) is 1. The zero-order valence-corrected chi connectivity index (χ0v) is 12.6. The standard InChI is InChI=1S/C13H16ClN3OS/c1-13(2)8-17(4-5-18-13)7-10-15-11(14)9-3-6-19-12(9)16-10/h3,6H,4-5,7-8H2,1-2H3. The lowest BCUT2D eigenvalue weighted by Crippen LogP contribution is -2.47. The second-order valence-electron chi connectivity index (χ2n) is 5.39. The first-order chi connectivity index (χ1) is 9.03. The molecule has 0 amide bonds. The zero-order valence-electron chi connectivity index (χ0n) is 11.0. The first-order valence-corrected chi connectivity index (χ1v) is 7.55. The van der Waals surface area contributed by atoms with Crippen LogP contribution < -0.4 is 0 Å². The van der Waals surface area contributed by atoms with Gasteiger partial charge in [-0.05, 0) is 25.3 Å². The normalized spacial score (nSPS) is 19.9. The summed E-state index contributed by atoms with van der Waals surface area (Å²) in [4.78, 5) is 12.2. The van der Waals surface area contributed by atoms with Crippen molar-refractivity contribution in [3.63, 3.8) is 0 Å². The van der Waals surface area contributed by atoms with Gasteiger partial charge < -0.3 is 4.74 Å². The smallest absolute Gasteiger partial charge is 0.145 e. The van der Waals surface area contributed by atoms with Crippen molar-refractivity contribution in [1.29, 1.82) is 0 Å². The van der Waals surface area contributed by atoms with Crippen LogP contribution in [-0.4, -0.2) is 40.2 Å². The second kappa shape index (κ2) is 4.98. The lowest BCUT2D eigenvalue weighted by Gasteiger charge is -2.37. The predicted octanol–water partition coefficient (Wildman–Crippen LogP) is 2.96. The minimum Gasteiger partial charge on any atom is -0.373 e. The van der Waals surface area contributed by atoms with Crippen molar-refractivity contribution >= 4 is 33.2 Å². The van der Waals surface area contributed by atoms with Crippen LogP contribution in [-0.2, 0) is 11.3 Å². The Hall–Kier alpha value is -0.750. The molecule has 0 N–H and O–H groups in total. The maximum atomic E-state index is 6.19. The van der Waals surface area contributed by atoms with Gasteiger partial charge in [-0.1, -0.05) is 11.6 Å². The number of fused-ring (bicyclic) bond motifs is 1. The molecule has 0 unspecified atom stereocenters. The van der Waals surface area contributed by atoms with Crippen LogP contribution in [0.25, 0.3) is 10.2 Å². The molecule has 0 aliphatic carbocycles. The van der Waals surface area contributed by atoms with E-state index in [-0.39, 0.29) is 5.60 Å². The highest BCUT2D eigenvalue weighted by Gasteiger charge is 2.27. The summed E-state index contributed by atoms with van der Waals surface area (Å²) < 4.78 is 5.71. The highest BCUT2D eigenvalue weighted by atomic mass is 35.5. The van der Waals surface area contributed by atoms with Gasteiger partial charge in [-0.3, -0.25) is 4.90 Å². The highest BCUT2D eigenvalue weighted by Crippen LogP contribution is 2.25.